The highest BCUT2D eigenvalue weighted by Crippen LogP contribution is 2.23. The Balaban J connectivity index is 1.87. The molecule has 5 heteroatoms. The van der Waals surface area contributed by atoms with E-state index in [0.29, 0.717) is 5.02 Å². The zero-order valence-electron chi connectivity index (χ0n) is 9.40. The smallest absolute Gasteiger partial charge is 0.134 e. The highest BCUT2D eigenvalue weighted by atomic mass is 35.5. The van der Waals surface area contributed by atoms with Crippen molar-refractivity contribution in [2.45, 2.75) is 20.0 Å². The molecule has 0 radical (unpaired) electrons. The van der Waals surface area contributed by atoms with Gasteiger partial charge in [-0.3, -0.25) is 0 Å². The molecular formula is C12H13ClN2OS. The van der Waals surface area contributed by atoms with Crippen LogP contribution < -0.4 is 5.32 Å². The van der Waals surface area contributed by atoms with Crippen molar-refractivity contribution >= 4 is 22.9 Å². The second-order valence-electron chi connectivity index (χ2n) is 3.73. The molecule has 1 aromatic carbocycles. The molecule has 1 heterocycles. The number of phenolic OH excluding ortho intramolecular Hbond substituents is 1. The van der Waals surface area contributed by atoms with E-state index in [9.17, 15) is 5.11 Å². The molecule has 1 aromatic heterocycles. The van der Waals surface area contributed by atoms with Crippen LogP contribution in [0, 0.1) is 6.92 Å². The van der Waals surface area contributed by atoms with Gasteiger partial charge in [-0.2, -0.15) is 0 Å². The molecule has 3 nitrogen and oxygen atoms in total. The summed E-state index contributed by atoms with van der Waals surface area (Å²) in [7, 11) is 0. The molecule has 0 saturated carbocycles. The summed E-state index contributed by atoms with van der Waals surface area (Å²) in [4.78, 5) is 5.41. The monoisotopic (exact) mass is 268 g/mol. The van der Waals surface area contributed by atoms with Gasteiger partial charge in [0.05, 0.1) is 10.0 Å². The molecule has 0 saturated heterocycles. The molecule has 0 aliphatic heterocycles. The molecule has 0 unspecified atom stereocenters. The van der Waals surface area contributed by atoms with Crippen LogP contribution in [0.3, 0.4) is 0 Å². The number of hydrogen-bond donors (Lipinski definition) is 2. The van der Waals surface area contributed by atoms with Crippen molar-refractivity contribution < 1.29 is 5.11 Å². The van der Waals surface area contributed by atoms with Gasteiger partial charge < -0.3 is 10.4 Å². The van der Waals surface area contributed by atoms with Crippen LogP contribution in [-0.2, 0) is 13.1 Å². The third-order valence-corrected chi connectivity index (χ3v) is 3.53. The van der Waals surface area contributed by atoms with E-state index >= 15 is 0 Å². The van der Waals surface area contributed by atoms with E-state index in [4.69, 9.17) is 11.6 Å². The van der Waals surface area contributed by atoms with Gasteiger partial charge in [0.1, 0.15) is 5.75 Å². The van der Waals surface area contributed by atoms with Crippen LogP contribution >= 0.6 is 22.9 Å². The number of hydrogen-bond acceptors (Lipinski definition) is 4. The van der Waals surface area contributed by atoms with Gasteiger partial charge in [0, 0.05) is 24.2 Å². The minimum atomic E-state index is 0.119. The van der Waals surface area contributed by atoms with E-state index in [1.165, 1.54) is 4.88 Å². The van der Waals surface area contributed by atoms with E-state index in [1.807, 2.05) is 19.2 Å². The standard InChI is InChI=1S/C12H13ClN2OS/c1-8-15-7-10(17-8)6-14-5-9-2-3-12(16)11(13)4-9/h2-4,7,14,16H,5-6H2,1H3. The minimum absolute atomic E-state index is 0.119. The molecule has 17 heavy (non-hydrogen) atoms. The zero-order chi connectivity index (χ0) is 12.3. The SMILES string of the molecule is Cc1ncc(CNCc2ccc(O)c(Cl)c2)s1. The minimum Gasteiger partial charge on any atom is -0.506 e. The molecule has 2 rings (SSSR count). The predicted octanol–water partition coefficient (Wildman–Crippen LogP) is 3.10. The van der Waals surface area contributed by atoms with Gasteiger partial charge in [-0.1, -0.05) is 17.7 Å². The lowest BCUT2D eigenvalue weighted by molar-refractivity contribution is 0.475. The Morgan fingerprint density at radius 2 is 2.24 bits per heavy atom. The third-order valence-electron chi connectivity index (χ3n) is 2.31. The van der Waals surface area contributed by atoms with Gasteiger partial charge in [0.25, 0.3) is 0 Å². The fourth-order valence-electron chi connectivity index (χ4n) is 1.48. The number of nitrogens with zero attached hydrogens (tertiary/aromatic N) is 1. The number of aromatic hydroxyl groups is 1. The maximum Gasteiger partial charge on any atom is 0.134 e. The second kappa shape index (κ2) is 5.49. The van der Waals surface area contributed by atoms with E-state index in [0.717, 1.165) is 23.7 Å². The number of halogens is 1. The first kappa shape index (κ1) is 12.4. The summed E-state index contributed by atoms with van der Waals surface area (Å²) < 4.78 is 0. The summed E-state index contributed by atoms with van der Waals surface area (Å²) in [6, 6.07) is 5.23. The quantitative estimate of drug-likeness (QED) is 0.896. The van der Waals surface area contributed by atoms with Gasteiger partial charge in [0.2, 0.25) is 0 Å². The van der Waals surface area contributed by atoms with E-state index in [2.05, 4.69) is 10.3 Å². The Bertz CT molecular complexity index is 513. The largest absolute Gasteiger partial charge is 0.506 e. The Kier molecular flexibility index (Phi) is 3.99. The van der Waals surface area contributed by atoms with Crippen molar-refractivity contribution in [3.8, 4) is 5.75 Å². The summed E-state index contributed by atoms with van der Waals surface area (Å²) >= 11 is 7.52. The lowest BCUT2D eigenvalue weighted by atomic mass is 10.2. The van der Waals surface area contributed by atoms with Crippen molar-refractivity contribution in [2.75, 3.05) is 0 Å². The Morgan fingerprint density at radius 1 is 1.41 bits per heavy atom. The maximum absolute atomic E-state index is 9.29. The molecule has 0 bridgehead atoms. The van der Waals surface area contributed by atoms with Crippen LogP contribution in [0.4, 0.5) is 0 Å². The summed E-state index contributed by atoms with van der Waals surface area (Å²) in [5.41, 5.74) is 1.05. The molecular weight excluding hydrogens is 256 g/mol. The van der Waals surface area contributed by atoms with Gasteiger partial charge in [0.15, 0.2) is 0 Å². The average molecular weight is 269 g/mol. The van der Waals surface area contributed by atoms with Crippen molar-refractivity contribution in [3.05, 3.63) is 44.9 Å². The lowest BCUT2D eigenvalue weighted by Gasteiger charge is -2.04. The van der Waals surface area contributed by atoms with Crippen molar-refractivity contribution in [1.82, 2.24) is 10.3 Å². The number of nitrogens with one attached hydrogen (secondary N) is 1. The van der Waals surface area contributed by atoms with Crippen LogP contribution in [0.5, 0.6) is 5.75 Å². The third kappa shape index (κ3) is 3.43. The van der Waals surface area contributed by atoms with E-state index < -0.39 is 0 Å². The lowest BCUT2D eigenvalue weighted by Crippen LogP contribution is -2.11. The van der Waals surface area contributed by atoms with Crippen molar-refractivity contribution in [2.24, 2.45) is 0 Å². The Hall–Kier alpha value is -1.10. The van der Waals surface area contributed by atoms with Crippen LogP contribution in [0.15, 0.2) is 24.4 Å². The normalized spacial score (nSPS) is 10.7. The molecule has 0 spiro atoms. The fourth-order valence-corrected chi connectivity index (χ4v) is 2.45. The van der Waals surface area contributed by atoms with E-state index in [-0.39, 0.29) is 5.75 Å². The zero-order valence-corrected chi connectivity index (χ0v) is 11.0. The topological polar surface area (TPSA) is 45.2 Å². The van der Waals surface area contributed by atoms with Crippen molar-refractivity contribution in [3.63, 3.8) is 0 Å². The number of aromatic nitrogens is 1. The molecule has 0 amide bonds. The maximum atomic E-state index is 9.29. The molecule has 2 N–H and O–H groups in total. The highest BCUT2D eigenvalue weighted by molar-refractivity contribution is 7.11. The van der Waals surface area contributed by atoms with Crippen LogP contribution in [-0.4, -0.2) is 10.1 Å². The first-order valence-electron chi connectivity index (χ1n) is 5.24. The number of benzene rings is 1. The number of aryl methyl sites for hydroxylation is 1. The molecule has 90 valence electrons. The highest BCUT2D eigenvalue weighted by Gasteiger charge is 2.01. The summed E-state index contributed by atoms with van der Waals surface area (Å²) in [6.07, 6.45) is 1.89. The van der Waals surface area contributed by atoms with Gasteiger partial charge >= 0.3 is 0 Å². The van der Waals surface area contributed by atoms with Gasteiger partial charge in [-0.25, -0.2) is 4.98 Å². The van der Waals surface area contributed by atoms with Crippen LogP contribution in [0.25, 0.3) is 0 Å². The van der Waals surface area contributed by atoms with Gasteiger partial charge in [-0.15, -0.1) is 11.3 Å². The average Bonchev–Trinajstić information content (AvgIpc) is 2.70. The second-order valence-corrected chi connectivity index (χ2v) is 5.46. The molecule has 0 atom stereocenters. The molecule has 0 aliphatic rings. The first-order valence-corrected chi connectivity index (χ1v) is 6.44. The molecule has 2 aromatic rings. The number of rotatable bonds is 4. The summed E-state index contributed by atoms with van der Waals surface area (Å²) in [6.45, 7) is 3.51. The summed E-state index contributed by atoms with van der Waals surface area (Å²) in [5.74, 6) is 0.119. The molecule has 0 fully saturated rings. The Labute approximate surface area is 109 Å². The fraction of sp³-hybridized carbons (Fsp3) is 0.250. The summed E-state index contributed by atoms with van der Waals surface area (Å²) in [5, 5.41) is 14.1. The van der Waals surface area contributed by atoms with Crippen molar-refractivity contribution in [1.29, 1.82) is 0 Å². The predicted molar refractivity (Wildman–Crippen MR) is 70.5 cm³/mol. The number of phenols is 1. The van der Waals surface area contributed by atoms with E-state index in [1.54, 1.807) is 23.5 Å². The van der Waals surface area contributed by atoms with Crippen LogP contribution in [0.2, 0.25) is 5.02 Å². The van der Waals surface area contributed by atoms with Crippen LogP contribution in [0.1, 0.15) is 15.4 Å². The molecule has 0 aliphatic carbocycles. The number of thiazole rings is 1. The first-order chi connectivity index (χ1) is 8.15. The van der Waals surface area contributed by atoms with Gasteiger partial charge in [-0.05, 0) is 24.6 Å². The Morgan fingerprint density at radius 3 is 2.88 bits per heavy atom.